The summed E-state index contributed by atoms with van der Waals surface area (Å²) in [6.07, 6.45) is 4.46. The molecule has 0 aromatic carbocycles. The van der Waals surface area contributed by atoms with Gasteiger partial charge >= 0.3 is 5.97 Å². The third-order valence-electron chi connectivity index (χ3n) is 7.04. The lowest BCUT2D eigenvalue weighted by Gasteiger charge is -2.41. The fourth-order valence-corrected chi connectivity index (χ4v) is 4.88. The van der Waals surface area contributed by atoms with Crippen molar-refractivity contribution in [1.29, 1.82) is 0 Å². The molecule has 3 aliphatic rings. The summed E-state index contributed by atoms with van der Waals surface area (Å²) in [6, 6.07) is -0.642. The molecule has 3 fully saturated rings. The monoisotopic (exact) mass is 579 g/mol. The lowest BCUT2D eigenvalue weighted by atomic mass is 10.0. The molecule has 2 aromatic heterocycles. The second-order valence-corrected chi connectivity index (χ2v) is 9.68. The summed E-state index contributed by atoms with van der Waals surface area (Å²) < 4.78 is 29.4. The van der Waals surface area contributed by atoms with Gasteiger partial charge in [0.25, 0.3) is 17.0 Å². The van der Waals surface area contributed by atoms with Crippen LogP contribution in [0.5, 0.6) is 0 Å². The Balaban J connectivity index is 0.000000191. The molecule has 5 heterocycles. The van der Waals surface area contributed by atoms with Gasteiger partial charge in [0.15, 0.2) is 12.0 Å². The molecule has 0 bridgehead atoms. The number of hydrogen-bond acceptors (Lipinski definition) is 13. The van der Waals surface area contributed by atoms with Crippen molar-refractivity contribution in [3.63, 3.8) is 0 Å². The van der Waals surface area contributed by atoms with Crippen LogP contribution in [0.2, 0.25) is 0 Å². The molecule has 41 heavy (non-hydrogen) atoms. The zero-order valence-electron chi connectivity index (χ0n) is 22.5. The molecule has 224 valence electrons. The van der Waals surface area contributed by atoms with Crippen molar-refractivity contribution in [2.45, 2.75) is 62.6 Å². The standard InChI is InChI=1S/C14H18N2O6.C11H15N3O5/c1-8-20-7-11-10(22-8)5-9(6-21-11)16-4-3-15-12(13(16)17)14(18)19-2;12-10(17)9-11(18)14(2-1-13-9)6-3-7(16)8(4-15)19-5-6/h3-4,8-11H,5-7H2,1-2H3;1-2,6-8,15-16H,3-5H2,(H2,12,17)/t8?,9-,10+,11+;6-,7+,8+/m00/s1. The second-order valence-electron chi connectivity index (χ2n) is 9.68. The number of nitrogens with two attached hydrogens (primary N) is 1. The number of rotatable bonds is 5. The van der Waals surface area contributed by atoms with E-state index in [9.17, 15) is 24.3 Å². The van der Waals surface area contributed by atoms with Gasteiger partial charge in [-0.15, -0.1) is 0 Å². The number of amides is 1. The Hall–Kier alpha value is -3.54. The molecule has 16 nitrogen and oxygen atoms in total. The summed E-state index contributed by atoms with van der Waals surface area (Å²) in [5.41, 5.74) is 3.38. The number of ether oxygens (including phenoxy) is 5. The zero-order valence-corrected chi connectivity index (χ0v) is 22.5. The topological polar surface area (TPSA) is 217 Å². The molecule has 0 spiro atoms. The first kappa shape index (κ1) is 30.4. The minimum Gasteiger partial charge on any atom is -0.464 e. The lowest BCUT2D eigenvalue weighted by molar-refractivity contribution is -0.272. The molecule has 1 unspecified atom stereocenters. The number of hydrogen-bond donors (Lipinski definition) is 3. The first-order valence-corrected chi connectivity index (χ1v) is 13.0. The van der Waals surface area contributed by atoms with E-state index >= 15 is 0 Å². The highest BCUT2D eigenvalue weighted by atomic mass is 16.7. The van der Waals surface area contributed by atoms with Crippen LogP contribution in [-0.2, 0) is 23.7 Å². The summed E-state index contributed by atoms with van der Waals surface area (Å²) in [6.45, 7) is 2.54. The minimum atomic E-state index is -0.898. The Labute approximate surface area is 233 Å². The SMILES string of the molecule is COC(=O)c1nccn([C@@H]2CO[C@@H]3COC(C)O[C@@H]3C2)c1=O.NC(=O)c1nccn([C@@H]2CO[C@H](CO)[C@H](O)C2)c1=O. The van der Waals surface area contributed by atoms with Crippen LogP contribution in [0.4, 0.5) is 0 Å². The lowest BCUT2D eigenvalue weighted by Crippen LogP contribution is -2.50. The van der Waals surface area contributed by atoms with Crippen molar-refractivity contribution < 1.29 is 43.5 Å². The molecule has 1 amide bonds. The summed E-state index contributed by atoms with van der Waals surface area (Å²) in [5, 5.41) is 18.7. The molecular weight excluding hydrogens is 546 g/mol. The van der Waals surface area contributed by atoms with E-state index in [1.165, 1.54) is 34.8 Å². The number of primary amides is 1. The molecule has 2 aromatic rings. The van der Waals surface area contributed by atoms with Crippen LogP contribution in [0.25, 0.3) is 0 Å². The maximum absolute atomic E-state index is 12.4. The number of aliphatic hydroxyl groups is 2. The maximum atomic E-state index is 12.4. The molecule has 7 atom stereocenters. The van der Waals surface area contributed by atoms with Crippen LogP contribution in [0.15, 0.2) is 34.4 Å². The van der Waals surface area contributed by atoms with E-state index in [2.05, 4.69) is 14.7 Å². The van der Waals surface area contributed by atoms with Crippen LogP contribution in [0.3, 0.4) is 0 Å². The van der Waals surface area contributed by atoms with E-state index in [1.807, 2.05) is 6.92 Å². The van der Waals surface area contributed by atoms with E-state index in [1.54, 1.807) is 6.20 Å². The van der Waals surface area contributed by atoms with E-state index in [4.69, 9.17) is 29.8 Å². The van der Waals surface area contributed by atoms with Crippen LogP contribution in [0.1, 0.15) is 52.8 Å². The number of aromatic nitrogens is 4. The summed E-state index contributed by atoms with van der Waals surface area (Å²) >= 11 is 0. The third kappa shape index (κ3) is 6.86. The van der Waals surface area contributed by atoms with Crippen molar-refractivity contribution in [2.75, 3.05) is 33.5 Å². The highest BCUT2D eigenvalue weighted by Gasteiger charge is 2.38. The third-order valence-corrected chi connectivity index (χ3v) is 7.04. The smallest absolute Gasteiger partial charge is 0.362 e. The molecule has 0 radical (unpaired) electrons. The quantitative estimate of drug-likeness (QED) is 0.332. The predicted octanol–water partition coefficient (Wildman–Crippen LogP) is -1.85. The number of carbonyl (C=O) groups is 2. The average Bonchev–Trinajstić information content (AvgIpc) is 2.96. The van der Waals surface area contributed by atoms with Crippen molar-refractivity contribution >= 4 is 11.9 Å². The van der Waals surface area contributed by atoms with Gasteiger partial charge in [0.2, 0.25) is 5.69 Å². The Morgan fingerprint density at radius 3 is 2.20 bits per heavy atom. The van der Waals surface area contributed by atoms with Crippen molar-refractivity contribution in [2.24, 2.45) is 5.73 Å². The van der Waals surface area contributed by atoms with E-state index < -0.39 is 41.2 Å². The highest BCUT2D eigenvalue weighted by Crippen LogP contribution is 2.29. The fourth-order valence-electron chi connectivity index (χ4n) is 4.88. The van der Waals surface area contributed by atoms with Crippen LogP contribution < -0.4 is 16.9 Å². The van der Waals surface area contributed by atoms with Crippen molar-refractivity contribution in [3.8, 4) is 0 Å². The Kier molecular flexibility index (Phi) is 9.95. The highest BCUT2D eigenvalue weighted by molar-refractivity contribution is 5.90. The largest absolute Gasteiger partial charge is 0.464 e. The number of fused-ring (bicyclic) bond motifs is 1. The van der Waals surface area contributed by atoms with Gasteiger partial charge < -0.3 is 48.8 Å². The summed E-state index contributed by atoms with van der Waals surface area (Å²) in [5.74, 6) is -1.64. The van der Waals surface area contributed by atoms with Gasteiger partial charge in [0, 0.05) is 24.8 Å². The molecule has 0 saturated carbocycles. The second kappa shape index (κ2) is 13.4. The van der Waals surface area contributed by atoms with Crippen LogP contribution in [-0.4, -0.2) is 105 Å². The molecule has 3 saturated heterocycles. The number of methoxy groups -OCH3 is 1. The number of aliphatic hydroxyl groups excluding tert-OH is 2. The molecule has 3 aliphatic heterocycles. The molecular formula is C25H33N5O11. The van der Waals surface area contributed by atoms with E-state index in [0.717, 1.165) is 0 Å². The molecule has 16 heteroatoms. The van der Waals surface area contributed by atoms with E-state index in [-0.39, 0.29) is 55.6 Å². The zero-order chi connectivity index (χ0) is 29.7. The van der Waals surface area contributed by atoms with Crippen LogP contribution >= 0.6 is 0 Å². The van der Waals surface area contributed by atoms with Crippen molar-refractivity contribution in [1.82, 2.24) is 19.1 Å². The molecule has 0 aliphatic carbocycles. The Morgan fingerprint density at radius 1 is 0.976 bits per heavy atom. The Morgan fingerprint density at radius 2 is 1.59 bits per heavy atom. The Bertz CT molecular complexity index is 1350. The number of carbonyl (C=O) groups excluding carboxylic acids is 2. The normalized spacial score (nSPS) is 29.4. The average molecular weight is 580 g/mol. The number of esters is 1. The van der Waals surface area contributed by atoms with Gasteiger partial charge in [-0.25, -0.2) is 14.8 Å². The van der Waals surface area contributed by atoms with Crippen molar-refractivity contribution in [3.05, 3.63) is 56.9 Å². The van der Waals surface area contributed by atoms with Gasteiger partial charge in [-0.3, -0.25) is 14.4 Å². The van der Waals surface area contributed by atoms with Gasteiger partial charge in [0.1, 0.15) is 12.2 Å². The summed E-state index contributed by atoms with van der Waals surface area (Å²) in [7, 11) is 1.21. The summed E-state index contributed by atoms with van der Waals surface area (Å²) in [4.78, 5) is 54.4. The number of nitrogens with zero attached hydrogens (tertiary/aromatic N) is 4. The van der Waals surface area contributed by atoms with Gasteiger partial charge in [-0.05, 0) is 19.8 Å². The molecule has 5 rings (SSSR count). The maximum Gasteiger partial charge on any atom is 0.362 e. The van der Waals surface area contributed by atoms with Gasteiger partial charge in [-0.1, -0.05) is 0 Å². The first-order valence-electron chi connectivity index (χ1n) is 13.0. The van der Waals surface area contributed by atoms with Gasteiger partial charge in [0.05, 0.1) is 57.8 Å². The van der Waals surface area contributed by atoms with E-state index in [0.29, 0.717) is 19.6 Å². The van der Waals surface area contributed by atoms with Gasteiger partial charge in [-0.2, -0.15) is 0 Å². The minimum absolute atomic E-state index is 0.120. The van der Waals surface area contributed by atoms with Crippen LogP contribution in [0, 0.1) is 0 Å². The predicted molar refractivity (Wildman–Crippen MR) is 137 cm³/mol. The fraction of sp³-hybridized carbons (Fsp3) is 0.600. The molecule has 4 N–H and O–H groups in total. The first-order chi connectivity index (χ1) is 19.6.